The molecule has 2 aliphatic rings. The van der Waals surface area contributed by atoms with Crippen LogP contribution in [0.5, 0.6) is 0 Å². The number of hydrogen-bond acceptors (Lipinski definition) is 2. The first-order valence-corrected chi connectivity index (χ1v) is 5.54. The molecule has 0 unspecified atom stereocenters. The summed E-state index contributed by atoms with van der Waals surface area (Å²) in [5.74, 6) is 0.914. The van der Waals surface area contributed by atoms with Crippen molar-refractivity contribution in [1.82, 2.24) is 14.0 Å². The molecule has 0 fully saturated rings. The Morgan fingerprint density at radius 2 is 2.27 bits per heavy atom. The van der Waals surface area contributed by atoms with Crippen LogP contribution in [0, 0.1) is 0 Å². The van der Waals surface area contributed by atoms with E-state index in [0.29, 0.717) is 0 Å². The molecule has 1 aromatic heterocycles. The summed E-state index contributed by atoms with van der Waals surface area (Å²) in [5, 5.41) is 3.11. The molecule has 3 rings (SSSR count). The van der Waals surface area contributed by atoms with Crippen LogP contribution >= 0.6 is 11.7 Å². The first kappa shape index (κ1) is 8.55. The number of aliphatic imine (C=N–C) groups is 1. The highest BCUT2D eigenvalue weighted by Crippen LogP contribution is 2.25. The standard InChI is InChI=1S/C10H10N4S/c1-2-4-7-6-9-10(13-15-14-12-9)11-8(7)5-3-1/h1-5,12-14H,6H2. The normalized spacial score (nSPS) is 17.3. The molecule has 1 aromatic rings. The topological polar surface area (TPSA) is 59.7 Å². The molecule has 0 radical (unpaired) electrons. The van der Waals surface area contributed by atoms with Crippen LogP contribution < -0.4 is 0 Å². The molecule has 4 nitrogen and oxygen atoms in total. The van der Waals surface area contributed by atoms with Crippen molar-refractivity contribution in [2.75, 3.05) is 0 Å². The van der Waals surface area contributed by atoms with E-state index in [2.05, 4.69) is 25.0 Å². The van der Waals surface area contributed by atoms with Gasteiger partial charge < -0.3 is 0 Å². The van der Waals surface area contributed by atoms with E-state index in [0.717, 1.165) is 23.6 Å². The number of H-pyrrole nitrogens is 3. The fourth-order valence-corrected chi connectivity index (χ4v) is 2.14. The van der Waals surface area contributed by atoms with Gasteiger partial charge in [0.1, 0.15) is 0 Å². The second-order valence-corrected chi connectivity index (χ2v) is 3.98. The first-order valence-electron chi connectivity index (χ1n) is 4.72. The highest BCUT2D eigenvalue weighted by Gasteiger charge is 2.16. The Morgan fingerprint density at radius 3 is 3.27 bits per heavy atom. The van der Waals surface area contributed by atoms with E-state index in [1.807, 2.05) is 24.3 Å². The molecule has 0 saturated carbocycles. The molecule has 0 amide bonds. The zero-order valence-electron chi connectivity index (χ0n) is 7.95. The van der Waals surface area contributed by atoms with Crippen molar-refractivity contribution in [3.63, 3.8) is 0 Å². The summed E-state index contributed by atoms with van der Waals surface area (Å²) in [4.78, 5) is 4.55. The Morgan fingerprint density at radius 1 is 1.27 bits per heavy atom. The number of nitrogens with one attached hydrogen (secondary N) is 3. The summed E-state index contributed by atoms with van der Waals surface area (Å²) < 4.78 is 6.09. The zero-order chi connectivity index (χ0) is 10.1. The van der Waals surface area contributed by atoms with Crippen LogP contribution in [0.25, 0.3) is 0 Å². The van der Waals surface area contributed by atoms with E-state index >= 15 is 0 Å². The number of rotatable bonds is 0. The van der Waals surface area contributed by atoms with Gasteiger partial charge in [0.05, 0.1) is 11.4 Å². The third kappa shape index (κ3) is 1.50. The zero-order valence-corrected chi connectivity index (χ0v) is 8.77. The summed E-state index contributed by atoms with van der Waals surface area (Å²) in [6, 6.07) is 0. The average Bonchev–Trinajstić information content (AvgIpc) is 2.50. The van der Waals surface area contributed by atoms with Gasteiger partial charge in [-0.25, -0.2) is 9.48 Å². The van der Waals surface area contributed by atoms with Crippen molar-refractivity contribution in [1.29, 1.82) is 0 Å². The van der Waals surface area contributed by atoms with Gasteiger partial charge in [-0.05, 0) is 11.6 Å². The third-order valence-electron chi connectivity index (χ3n) is 2.39. The van der Waals surface area contributed by atoms with Gasteiger partial charge >= 0.3 is 0 Å². The lowest BCUT2D eigenvalue weighted by atomic mass is 10.0. The smallest absolute Gasteiger partial charge is 0.162 e. The van der Waals surface area contributed by atoms with Crippen LogP contribution in [-0.4, -0.2) is 19.7 Å². The Kier molecular flexibility index (Phi) is 1.96. The van der Waals surface area contributed by atoms with Crippen molar-refractivity contribution >= 4 is 23.3 Å². The van der Waals surface area contributed by atoms with E-state index in [9.17, 15) is 0 Å². The van der Waals surface area contributed by atoms with Gasteiger partial charge in [-0.1, -0.05) is 24.3 Å². The second kappa shape index (κ2) is 3.43. The largest absolute Gasteiger partial charge is 0.291 e. The molecule has 15 heavy (non-hydrogen) atoms. The van der Waals surface area contributed by atoms with Gasteiger partial charge in [0, 0.05) is 18.1 Å². The maximum atomic E-state index is 4.55. The van der Waals surface area contributed by atoms with Crippen LogP contribution in [0.2, 0.25) is 0 Å². The van der Waals surface area contributed by atoms with Gasteiger partial charge in [0.25, 0.3) is 0 Å². The molecule has 5 heteroatoms. The summed E-state index contributed by atoms with van der Waals surface area (Å²) in [6.07, 6.45) is 11.1. The lowest BCUT2D eigenvalue weighted by Gasteiger charge is -2.14. The maximum Gasteiger partial charge on any atom is 0.162 e. The number of allylic oxidation sites excluding steroid dienone is 6. The van der Waals surface area contributed by atoms with Gasteiger partial charge in [-0.15, -0.1) is 0 Å². The van der Waals surface area contributed by atoms with E-state index < -0.39 is 0 Å². The molecule has 3 N–H and O–H groups in total. The predicted molar refractivity (Wildman–Crippen MR) is 62.2 cm³/mol. The third-order valence-corrected chi connectivity index (χ3v) is 2.89. The van der Waals surface area contributed by atoms with Gasteiger partial charge in [-0.2, -0.15) is 0 Å². The lowest BCUT2D eigenvalue weighted by Crippen LogP contribution is -2.10. The Hall–Kier alpha value is -1.75. The molecular formula is C10H10N4S. The SMILES string of the molecule is C1=CC=C2Cc3[nH][nH]s[nH]c3N=C2C=C1. The minimum atomic E-state index is 0.878. The van der Waals surface area contributed by atoms with Gasteiger partial charge in [-0.3, -0.25) is 9.47 Å². The predicted octanol–water partition coefficient (Wildman–Crippen LogP) is 2.54. The Labute approximate surface area is 90.7 Å². The van der Waals surface area contributed by atoms with Crippen molar-refractivity contribution in [2.24, 2.45) is 4.99 Å². The van der Waals surface area contributed by atoms with Crippen molar-refractivity contribution in [2.45, 2.75) is 6.42 Å². The number of hydrogen-bond donors (Lipinski definition) is 3. The summed E-state index contributed by atoms with van der Waals surface area (Å²) in [7, 11) is 0. The number of nitrogens with zero attached hydrogens (tertiary/aromatic N) is 1. The molecule has 2 heterocycles. The highest BCUT2D eigenvalue weighted by molar-refractivity contribution is 6.98. The number of aromatic amines is 3. The van der Waals surface area contributed by atoms with Crippen LogP contribution in [0.3, 0.4) is 0 Å². The molecule has 1 aliphatic carbocycles. The summed E-state index contributed by atoms with van der Waals surface area (Å²) in [5.41, 5.74) is 3.37. The molecular weight excluding hydrogens is 208 g/mol. The molecule has 76 valence electrons. The fourth-order valence-electron chi connectivity index (χ4n) is 1.64. The quantitative estimate of drug-likeness (QED) is 0.599. The Balaban J connectivity index is 2.17. The fraction of sp³-hybridized carbons (Fsp3) is 0.100. The molecule has 0 saturated heterocycles. The van der Waals surface area contributed by atoms with Crippen molar-refractivity contribution < 1.29 is 0 Å². The summed E-state index contributed by atoms with van der Waals surface area (Å²) >= 11 is 1.39. The monoisotopic (exact) mass is 218 g/mol. The van der Waals surface area contributed by atoms with E-state index in [-0.39, 0.29) is 0 Å². The van der Waals surface area contributed by atoms with Crippen molar-refractivity contribution in [3.8, 4) is 0 Å². The van der Waals surface area contributed by atoms with Crippen LogP contribution in [0.1, 0.15) is 5.69 Å². The molecule has 0 spiro atoms. The second-order valence-electron chi connectivity index (χ2n) is 3.37. The summed E-state index contributed by atoms with van der Waals surface area (Å²) in [6.45, 7) is 0. The molecule has 0 atom stereocenters. The van der Waals surface area contributed by atoms with Gasteiger partial charge in [0.2, 0.25) is 0 Å². The average molecular weight is 218 g/mol. The lowest BCUT2D eigenvalue weighted by molar-refractivity contribution is 0.962. The minimum Gasteiger partial charge on any atom is -0.291 e. The van der Waals surface area contributed by atoms with Crippen LogP contribution in [0.4, 0.5) is 5.82 Å². The van der Waals surface area contributed by atoms with E-state index in [1.165, 1.54) is 17.3 Å². The maximum absolute atomic E-state index is 4.55. The van der Waals surface area contributed by atoms with Crippen molar-refractivity contribution in [3.05, 3.63) is 41.6 Å². The van der Waals surface area contributed by atoms with E-state index in [4.69, 9.17) is 0 Å². The number of fused-ring (bicyclic) bond motifs is 2. The Bertz CT molecular complexity index is 528. The van der Waals surface area contributed by atoms with E-state index in [1.54, 1.807) is 0 Å². The van der Waals surface area contributed by atoms with Crippen LogP contribution in [0.15, 0.2) is 40.9 Å². The minimum absolute atomic E-state index is 0.878. The first-order chi connectivity index (χ1) is 7.43. The highest BCUT2D eigenvalue weighted by atomic mass is 32.1. The van der Waals surface area contributed by atoms with Gasteiger partial charge in [0.15, 0.2) is 5.82 Å². The molecule has 0 aromatic carbocycles. The van der Waals surface area contributed by atoms with Crippen LogP contribution in [-0.2, 0) is 6.42 Å². The molecule has 0 bridgehead atoms. The molecule has 1 aliphatic heterocycles. The number of aromatic nitrogens is 3.